The molecule has 0 aromatic carbocycles. The second-order valence-corrected chi connectivity index (χ2v) is 6.92. The van der Waals surface area contributed by atoms with E-state index < -0.39 is 0 Å². The molecule has 1 saturated heterocycles. The summed E-state index contributed by atoms with van der Waals surface area (Å²) in [5, 5.41) is 14.9. The van der Waals surface area contributed by atoms with Crippen LogP contribution in [0.4, 0.5) is 0 Å². The molecule has 10 nitrogen and oxygen atoms in total. The molecule has 1 aliphatic rings. The first kappa shape index (κ1) is 20.0. The number of aryl methyl sites for hydroxylation is 1. The van der Waals surface area contributed by atoms with E-state index in [4.69, 9.17) is 4.74 Å². The highest BCUT2D eigenvalue weighted by Crippen LogP contribution is 2.20. The zero-order valence-electron chi connectivity index (χ0n) is 16.4. The molecule has 2 aromatic heterocycles. The third-order valence-electron chi connectivity index (χ3n) is 4.82. The van der Waals surface area contributed by atoms with Crippen LogP contribution >= 0.6 is 0 Å². The summed E-state index contributed by atoms with van der Waals surface area (Å²) in [4.78, 5) is 26.6. The van der Waals surface area contributed by atoms with Crippen molar-refractivity contribution in [2.45, 2.75) is 32.9 Å². The molecule has 1 fully saturated rings. The predicted octanol–water partition coefficient (Wildman–Crippen LogP) is 0.423. The third-order valence-corrected chi connectivity index (χ3v) is 4.82. The van der Waals surface area contributed by atoms with Crippen molar-refractivity contribution >= 4 is 11.8 Å². The quantitative estimate of drug-likeness (QED) is 0.656. The molecule has 1 aliphatic heterocycles. The van der Waals surface area contributed by atoms with E-state index in [1.165, 1.54) is 0 Å². The maximum Gasteiger partial charge on any atom is 0.273 e. The molecule has 0 spiro atoms. The van der Waals surface area contributed by atoms with Crippen LogP contribution in [0.3, 0.4) is 0 Å². The molecule has 152 valence electrons. The number of piperidine rings is 1. The molecule has 2 amide bonds. The molecule has 3 heterocycles. The summed E-state index contributed by atoms with van der Waals surface area (Å²) in [5.74, 6) is 0.0166. The minimum absolute atomic E-state index is 0.0150. The van der Waals surface area contributed by atoms with E-state index in [9.17, 15) is 9.59 Å². The summed E-state index contributed by atoms with van der Waals surface area (Å²) in [5.41, 5.74) is 0.907. The van der Waals surface area contributed by atoms with Crippen molar-refractivity contribution in [1.82, 2.24) is 35.0 Å². The van der Waals surface area contributed by atoms with Gasteiger partial charge in [-0.15, -0.1) is 5.10 Å². The lowest BCUT2D eigenvalue weighted by Crippen LogP contribution is -2.41. The van der Waals surface area contributed by atoms with Gasteiger partial charge < -0.3 is 15.0 Å². The van der Waals surface area contributed by atoms with Crippen molar-refractivity contribution in [3.8, 4) is 0 Å². The molecule has 28 heavy (non-hydrogen) atoms. The van der Waals surface area contributed by atoms with Gasteiger partial charge in [0.05, 0.1) is 24.6 Å². The second-order valence-electron chi connectivity index (χ2n) is 6.92. The largest absolute Gasteiger partial charge is 0.383 e. The molecule has 10 heteroatoms. The van der Waals surface area contributed by atoms with Gasteiger partial charge in [-0.05, 0) is 25.7 Å². The summed E-state index contributed by atoms with van der Waals surface area (Å²) < 4.78 is 8.34. The zero-order chi connectivity index (χ0) is 19.9. The molecule has 1 N–H and O–H groups in total. The van der Waals surface area contributed by atoms with E-state index >= 15 is 0 Å². The third kappa shape index (κ3) is 4.94. The number of hydrogen-bond donors (Lipinski definition) is 1. The van der Waals surface area contributed by atoms with Gasteiger partial charge in [-0.25, -0.2) is 0 Å². The SMILES string of the molecule is CCn1cc(C(=O)N2CCC[C@@H](Cn3cc(C(=O)NCCOC)nn3)C2)cn1. The minimum Gasteiger partial charge on any atom is -0.383 e. The fraction of sp³-hybridized carbons (Fsp3) is 0.611. The van der Waals surface area contributed by atoms with Crippen molar-refractivity contribution in [3.63, 3.8) is 0 Å². The highest BCUT2D eigenvalue weighted by atomic mass is 16.5. The van der Waals surface area contributed by atoms with Gasteiger partial charge in [0.15, 0.2) is 5.69 Å². The van der Waals surface area contributed by atoms with E-state index in [0.29, 0.717) is 31.8 Å². The number of carbonyl (C=O) groups is 2. The van der Waals surface area contributed by atoms with E-state index in [1.54, 1.807) is 35.1 Å². The summed E-state index contributed by atoms with van der Waals surface area (Å²) in [6, 6.07) is 0. The number of rotatable bonds is 8. The maximum atomic E-state index is 12.7. The smallest absolute Gasteiger partial charge is 0.273 e. The van der Waals surface area contributed by atoms with E-state index in [2.05, 4.69) is 20.7 Å². The lowest BCUT2D eigenvalue weighted by Gasteiger charge is -2.32. The number of likely N-dealkylation sites (tertiary alicyclic amines) is 1. The van der Waals surface area contributed by atoms with Crippen molar-refractivity contribution in [2.75, 3.05) is 33.4 Å². The predicted molar refractivity (Wildman–Crippen MR) is 101 cm³/mol. The van der Waals surface area contributed by atoms with Crippen molar-refractivity contribution < 1.29 is 14.3 Å². The number of hydrogen-bond acceptors (Lipinski definition) is 6. The van der Waals surface area contributed by atoms with Crippen LogP contribution in [0, 0.1) is 5.92 Å². The van der Waals surface area contributed by atoms with Gasteiger partial charge in [0.2, 0.25) is 0 Å². The number of ether oxygens (including phenoxy) is 1. The maximum absolute atomic E-state index is 12.7. The summed E-state index contributed by atoms with van der Waals surface area (Å²) >= 11 is 0. The van der Waals surface area contributed by atoms with Gasteiger partial charge in [0.25, 0.3) is 11.8 Å². The van der Waals surface area contributed by atoms with E-state index in [-0.39, 0.29) is 23.4 Å². The first-order valence-corrected chi connectivity index (χ1v) is 9.59. The summed E-state index contributed by atoms with van der Waals surface area (Å²) in [6.07, 6.45) is 7.01. The van der Waals surface area contributed by atoms with E-state index in [0.717, 1.165) is 25.9 Å². The second kappa shape index (κ2) is 9.45. The number of carbonyl (C=O) groups excluding carboxylic acids is 2. The number of aromatic nitrogens is 5. The Morgan fingerprint density at radius 2 is 2.18 bits per heavy atom. The molecule has 0 radical (unpaired) electrons. The molecule has 0 aliphatic carbocycles. The Hall–Kier alpha value is -2.75. The van der Waals surface area contributed by atoms with E-state index in [1.807, 2.05) is 11.8 Å². The number of methoxy groups -OCH3 is 1. The van der Waals surface area contributed by atoms with Gasteiger partial charge in [-0.2, -0.15) is 5.10 Å². The zero-order valence-corrected chi connectivity index (χ0v) is 16.4. The Morgan fingerprint density at radius 1 is 1.32 bits per heavy atom. The number of amides is 2. The van der Waals surface area contributed by atoms with Crippen molar-refractivity contribution in [2.24, 2.45) is 5.92 Å². The van der Waals surface area contributed by atoms with Gasteiger partial charge in [-0.1, -0.05) is 5.21 Å². The Balaban J connectivity index is 1.55. The van der Waals surface area contributed by atoms with Crippen LogP contribution < -0.4 is 5.32 Å². The molecule has 3 rings (SSSR count). The van der Waals surface area contributed by atoms with Gasteiger partial charge in [0.1, 0.15) is 0 Å². The monoisotopic (exact) mass is 389 g/mol. The molecular weight excluding hydrogens is 362 g/mol. The lowest BCUT2D eigenvalue weighted by atomic mass is 9.97. The first-order valence-electron chi connectivity index (χ1n) is 9.59. The molecule has 2 aromatic rings. The van der Waals surface area contributed by atoms with Crippen molar-refractivity contribution in [3.05, 3.63) is 29.8 Å². The standard InChI is InChI=1S/C18H27N7O3/c1-3-24-12-15(9-20-24)18(27)23-7-4-5-14(10-23)11-25-13-16(21-22-25)17(26)19-6-8-28-2/h9,12-14H,3-8,10-11H2,1-2H3,(H,19,26)/t14-/m1/s1. The normalized spacial score (nSPS) is 16.9. The van der Waals surface area contributed by atoms with Crippen LogP contribution in [0.25, 0.3) is 0 Å². The van der Waals surface area contributed by atoms with Crippen molar-refractivity contribution in [1.29, 1.82) is 0 Å². The van der Waals surface area contributed by atoms with Crippen LogP contribution in [0.5, 0.6) is 0 Å². The average Bonchev–Trinajstić information content (AvgIpc) is 3.37. The molecule has 0 unspecified atom stereocenters. The molecule has 0 bridgehead atoms. The Bertz CT molecular complexity index is 801. The lowest BCUT2D eigenvalue weighted by molar-refractivity contribution is 0.0659. The average molecular weight is 389 g/mol. The first-order chi connectivity index (χ1) is 13.6. The summed E-state index contributed by atoms with van der Waals surface area (Å²) in [7, 11) is 1.58. The molecular formula is C18H27N7O3. The Kier molecular flexibility index (Phi) is 6.75. The van der Waals surface area contributed by atoms with Gasteiger partial charge in [0, 0.05) is 46.0 Å². The van der Waals surface area contributed by atoms with Crippen LogP contribution in [0.1, 0.15) is 40.6 Å². The van der Waals surface area contributed by atoms with Crippen LogP contribution in [0.2, 0.25) is 0 Å². The van der Waals surface area contributed by atoms with Gasteiger partial charge >= 0.3 is 0 Å². The fourth-order valence-corrected chi connectivity index (χ4v) is 3.34. The topological polar surface area (TPSA) is 107 Å². The minimum atomic E-state index is -0.267. The number of nitrogens with one attached hydrogen (secondary N) is 1. The fourth-order valence-electron chi connectivity index (χ4n) is 3.34. The number of nitrogens with zero attached hydrogens (tertiary/aromatic N) is 6. The Labute approximate surface area is 163 Å². The molecule has 1 atom stereocenters. The highest BCUT2D eigenvalue weighted by Gasteiger charge is 2.26. The Morgan fingerprint density at radius 3 is 2.93 bits per heavy atom. The van der Waals surface area contributed by atoms with Crippen LogP contribution in [-0.2, 0) is 17.8 Å². The molecule has 0 saturated carbocycles. The van der Waals surface area contributed by atoms with Crippen LogP contribution in [-0.4, -0.2) is 74.8 Å². The highest BCUT2D eigenvalue weighted by molar-refractivity contribution is 5.93. The van der Waals surface area contributed by atoms with Gasteiger partial charge in [-0.3, -0.25) is 19.0 Å². The summed E-state index contributed by atoms with van der Waals surface area (Å²) in [6.45, 7) is 5.63. The van der Waals surface area contributed by atoms with Crippen LogP contribution in [0.15, 0.2) is 18.6 Å².